The molecule has 0 aliphatic heterocycles. The number of nitrogens with zero attached hydrogens (tertiary/aromatic N) is 1. The van der Waals surface area contributed by atoms with Crippen LogP contribution in [0.2, 0.25) is 0 Å². The average Bonchev–Trinajstić information content (AvgIpc) is 3.77. The minimum atomic E-state index is 0.921. The predicted molar refractivity (Wildman–Crippen MR) is 193 cm³/mol. The van der Waals surface area contributed by atoms with Crippen molar-refractivity contribution in [1.29, 1.82) is 0 Å². The molecule has 46 heavy (non-hydrogen) atoms. The lowest BCUT2D eigenvalue weighted by molar-refractivity contribution is 0.673. The fourth-order valence-corrected chi connectivity index (χ4v) is 8.25. The second kappa shape index (κ2) is 8.74. The molecule has 0 bridgehead atoms. The van der Waals surface area contributed by atoms with Crippen molar-refractivity contribution in [1.82, 2.24) is 4.57 Å². The molecular formula is C44H25NO. The number of hydrogen-bond acceptors (Lipinski definition) is 1. The molecule has 11 rings (SSSR count). The molecule has 0 radical (unpaired) electrons. The van der Waals surface area contributed by atoms with Gasteiger partial charge in [0, 0.05) is 21.5 Å². The highest BCUT2D eigenvalue weighted by molar-refractivity contribution is 6.25. The lowest BCUT2D eigenvalue weighted by Crippen LogP contribution is -1.96. The zero-order valence-electron chi connectivity index (χ0n) is 24.8. The number of benzene rings is 8. The second-order valence-electron chi connectivity index (χ2n) is 12.4. The maximum Gasteiger partial charge on any atom is 0.145 e. The van der Waals surface area contributed by atoms with Gasteiger partial charge in [-0.25, -0.2) is 0 Å². The van der Waals surface area contributed by atoms with Crippen LogP contribution in [0.5, 0.6) is 0 Å². The molecule has 2 heterocycles. The number of para-hydroxylation sites is 2. The predicted octanol–water partition coefficient (Wildman–Crippen LogP) is 12.3. The van der Waals surface area contributed by atoms with Gasteiger partial charge in [0.25, 0.3) is 0 Å². The summed E-state index contributed by atoms with van der Waals surface area (Å²) in [5, 5.41) is 9.78. The van der Waals surface area contributed by atoms with E-state index in [1.165, 1.54) is 71.5 Å². The van der Waals surface area contributed by atoms with Crippen LogP contribution >= 0.6 is 0 Å². The Morgan fingerprint density at radius 1 is 0.326 bits per heavy atom. The highest BCUT2D eigenvalue weighted by Gasteiger charge is 2.24. The maximum atomic E-state index is 6.56. The van der Waals surface area contributed by atoms with E-state index in [1.54, 1.807) is 0 Å². The van der Waals surface area contributed by atoms with Crippen molar-refractivity contribution in [3.63, 3.8) is 0 Å². The molecule has 0 saturated carbocycles. The van der Waals surface area contributed by atoms with Crippen LogP contribution in [0.15, 0.2) is 156 Å². The lowest BCUT2D eigenvalue weighted by Gasteiger charge is -2.16. The van der Waals surface area contributed by atoms with Crippen molar-refractivity contribution < 1.29 is 4.42 Å². The number of aromatic nitrogens is 1. The summed E-state index contributed by atoms with van der Waals surface area (Å²) in [6, 6.07) is 55.2. The summed E-state index contributed by atoms with van der Waals surface area (Å²) in [6.07, 6.45) is 0. The molecule has 0 fully saturated rings. The number of furan rings is 1. The van der Waals surface area contributed by atoms with Crippen molar-refractivity contribution in [2.45, 2.75) is 0 Å². The van der Waals surface area contributed by atoms with Gasteiger partial charge in [-0.3, -0.25) is 0 Å². The lowest BCUT2D eigenvalue weighted by atomic mass is 9.91. The van der Waals surface area contributed by atoms with E-state index in [0.29, 0.717) is 0 Å². The van der Waals surface area contributed by atoms with Gasteiger partial charge in [0.15, 0.2) is 0 Å². The number of hydrogen-bond donors (Lipinski definition) is 0. The largest absolute Gasteiger partial charge is 0.455 e. The summed E-state index contributed by atoms with van der Waals surface area (Å²) in [5.41, 5.74) is 13.2. The van der Waals surface area contributed by atoms with Crippen molar-refractivity contribution in [2.24, 2.45) is 0 Å². The van der Waals surface area contributed by atoms with Crippen LogP contribution < -0.4 is 0 Å². The van der Waals surface area contributed by atoms with E-state index in [0.717, 1.165) is 32.8 Å². The summed E-state index contributed by atoms with van der Waals surface area (Å²) in [5.74, 6) is 0. The summed E-state index contributed by atoms with van der Waals surface area (Å²) < 4.78 is 8.99. The van der Waals surface area contributed by atoms with E-state index in [-0.39, 0.29) is 0 Å². The molecule has 0 spiro atoms. The van der Waals surface area contributed by atoms with Gasteiger partial charge in [-0.1, -0.05) is 121 Å². The van der Waals surface area contributed by atoms with Crippen LogP contribution in [-0.4, -0.2) is 4.57 Å². The molecule has 2 heteroatoms. The summed E-state index contributed by atoms with van der Waals surface area (Å²) in [6.45, 7) is 0. The van der Waals surface area contributed by atoms with E-state index in [4.69, 9.17) is 4.42 Å². The first kappa shape index (κ1) is 24.2. The third-order valence-electron chi connectivity index (χ3n) is 10.2. The Morgan fingerprint density at radius 2 is 0.935 bits per heavy atom. The highest BCUT2D eigenvalue weighted by atomic mass is 16.3. The van der Waals surface area contributed by atoms with Crippen molar-refractivity contribution in [3.05, 3.63) is 152 Å². The van der Waals surface area contributed by atoms with Crippen molar-refractivity contribution >= 4 is 65.3 Å². The number of fused-ring (bicyclic) bond motifs is 11. The van der Waals surface area contributed by atoms with Crippen molar-refractivity contribution in [3.8, 4) is 39.1 Å². The molecule has 2 nitrogen and oxygen atoms in total. The fraction of sp³-hybridized carbons (Fsp3) is 0. The smallest absolute Gasteiger partial charge is 0.145 e. The molecule has 0 N–H and O–H groups in total. The third-order valence-corrected chi connectivity index (χ3v) is 10.2. The van der Waals surface area contributed by atoms with Crippen LogP contribution in [0.4, 0.5) is 0 Å². The van der Waals surface area contributed by atoms with Crippen LogP contribution in [0.1, 0.15) is 0 Å². The van der Waals surface area contributed by atoms with Crippen LogP contribution in [-0.2, 0) is 0 Å². The first-order valence-electron chi connectivity index (χ1n) is 15.9. The molecule has 0 unspecified atom stereocenters. The van der Waals surface area contributed by atoms with E-state index in [9.17, 15) is 0 Å². The normalized spacial score (nSPS) is 12.3. The summed E-state index contributed by atoms with van der Waals surface area (Å²) >= 11 is 0. The molecule has 8 aromatic carbocycles. The first-order chi connectivity index (χ1) is 22.8. The second-order valence-corrected chi connectivity index (χ2v) is 12.4. The Kier molecular flexibility index (Phi) is 4.61. The van der Waals surface area contributed by atoms with E-state index in [1.807, 2.05) is 6.07 Å². The quantitative estimate of drug-likeness (QED) is 0.198. The molecule has 0 atom stereocenters. The number of rotatable bonds is 2. The standard InChI is InChI=1S/C44H25NO/c1-2-12-28-27(11-1)33-16-9-17-34-30(20-21-35(28)42(33)34)29-22-24-39(31-13-4-3-10-26(29)31)45-38-18-7-5-15-37(38)43-40(45)25-23-36-32-14-6-8-19-41(32)46-44(36)43/h1-25H. The maximum absolute atomic E-state index is 6.56. The molecule has 0 saturated heterocycles. The summed E-state index contributed by atoms with van der Waals surface area (Å²) in [4.78, 5) is 0. The van der Waals surface area contributed by atoms with E-state index in [2.05, 4.69) is 150 Å². The van der Waals surface area contributed by atoms with Gasteiger partial charge in [-0.15, -0.1) is 0 Å². The van der Waals surface area contributed by atoms with Crippen molar-refractivity contribution in [2.75, 3.05) is 0 Å². The molecule has 2 aromatic heterocycles. The Labute approximate surface area is 264 Å². The van der Waals surface area contributed by atoms with Crippen LogP contribution in [0.3, 0.4) is 0 Å². The minimum Gasteiger partial charge on any atom is -0.455 e. The fourth-order valence-electron chi connectivity index (χ4n) is 8.25. The van der Waals surface area contributed by atoms with Crippen LogP contribution in [0, 0.1) is 0 Å². The molecule has 1 aliphatic carbocycles. The Balaban J connectivity index is 1.20. The average molecular weight is 584 g/mol. The van der Waals surface area contributed by atoms with Gasteiger partial charge >= 0.3 is 0 Å². The van der Waals surface area contributed by atoms with Gasteiger partial charge in [0.1, 0.15) is 11.2 Å². The third kappa shape index (κ3) is 3.01. The zero-order valence-corrected chi connectivity index (χ0v) is 24.8. The molecular weight excluding hydrogens is 558 g/mol. The molecule has 0 amide bonds. The Hall–Kier alpha value is -6.12. The highest BCUT2D eigenvalue weighted by Crippen LogP contribution is 2.50. The molecule has 212 valence electrons. The molecule has 10 aromatic rings. The zero-order chi connectivity index (χ0) is 29.9. The van der Waals surface area contributed by atoms with Crippen LogP contribution in [0.25, 0.3) is 104 Å². The van der Waals surface area contributed by atoms with Gasteiger partial charge in [0.2, 0.25) is 0 Å². The van der Waals surface area contributed by atoms with Gasteiger partial charge in [0.05, 0.1) is 22.1 Å². The topological polar surface area (TPSA) is 18.1 Å². The minimum absolute atomic E-state index is 0.921. The van der Waals surface area contributed by atoms with E-state index >= 15 is 0 Å². The SMILES string of the molecule is c1ccc2c(c1)-c1cccc3c(-c4ccc(-n5c6ccccc6c6c7oc8ccccc8c7ccc65)c5ccccc45)ccc-2c13. The van der Waals surface area contributed by atoms with Gasteiger partial charge < -0.3 is 8.98 Å². The summed E-state index contributed by atoms with van der Waals surface area (Å²) in [7, 11) is 0. The van der Waals surface area contributed by atoms with Gasteiger partial charge in [-0.05, 0) is 79.9 Å². The van der Waals surface area contributed by atoms with E-state index < -0.39 is 0 Å². The Bertz CT molecular complexity index is 2890. The van der Waals surface area contributed by atoms with Gasteiger partial charge in [-0.2, -0.15) is 0 Å². The Morgan fingerprint density at radius 3 is 1.80 bits per heavy atom. The molecule has 1 aliphatic rings. The first-order valence-corrected chi connectivity index (χ1v) is 15.9. The monoisotopic (exact) mass is 583 g/mol.